The maximum atomic E-state index is 8.71. The number of nitrogens with two attached hydrogens (primary N) is 1. The molecule has 0 unspecified atom stereocenters. The highest BCUT2D eigenvalue weighted by Crippen LogP contribution is 2.06. The molecule has 1 rings (SSSR count). The number of nitrogens with zero attached hydrogens (tertiary/aromatic N) is 2. The number of piperazine rings is 1. The summed E-state index contributed by atoms with van der Waals surface area (Å²) in [7, 11) is 0. The highest BCUT2D eigenvalue weighted by molar-refractivity contribution is 5.78. The van der Waals surface area contributed by atoms with Gasteiger partial charge < -0.3 is 26.5 Å². The number of hydrazone groups is 1. The molecule has 5 N–H and O–H groups in total. The van der Waals surface area contributed by atoms with Gasteiger partial charge in [0.25, 0.3) is 0 Å². The van der Waals surface area contributed by atoms with Crippen LogP contribution in [0.15, 0.2) is 29.2 Å². The molecule has 1 fully saturated rings. The maximum absolute atomic E-state index is 8.71. The van der Waals surface area contributed by atoms with E-state index in [0.29, 0.717) is 13.0 Å². The largest absolute Gasteiger partial charge is 0.396 e. The molecule has 0 saturated carbocycles. The third-order valence-electron chi connectivity index (χ3n) is 2.70. The van der Waals surface area contributed by atoms with Crippen LogP contribution < -0.4 is 16.5 Å². The van der Waals surface area contributed by atoms with Gasteiger partial charge in [-0.05, 0) is 12.5 Å². The van der Waals surface area contributed by atoms with Crippen molar-refractivity contribution in [3.63, 3.8) is 0 Å². The van der Waals surface area contributed by atoms with Crippen LogP contribution in [0.2, 0.25) is 0 Å². The molecule has 0 aromatic rings. The number of rotatable bonds is 7. The lowest BCUT2D eigenvalue weighted by Crippen LogP contribution is -2.43. The number of hydrogen-bond acceptors (Lipinski definition) is 6. The molecule has 1 saturated heterocycles. The van der Waals surface area contributed by atoms with Crippen molar-refractivity contribution in [2.45, 2.75) is 6.42 Å². The van der Waals surface area contributed by atoms with Gasteiger partial charge in [0.2, 0.25) is 0 Å². The molecule has 6 nitrogen and oxygen atoms in total. The second-order valence-corrected chi connectivity index (χ2v) is 4.11. The zero-order chi connectivity index (χ0) is 13.2. The van der Waals surface area contributed by atoms with Gasteiger partial charge in [0, 0.05) is 45.0 Å². The zero-order valence-electron chi connectivity index (χ0n) is 10.7. The smallest absolute Gasteiger partial charge is 0.0700 e. The second kappa shape index (κ2) is 8.54. The monoisotopic (exact) mass is 253 g/mol. The van der Waals surface area contributed by atoms with Gasteiger partial charge in [-0.3, -0.25) is 0 Å². The molecule has 0 aromatic carbocycles. The predicted molar refractivity (Wildman–Crippen MR) is 74.1 cm³/mol. The SMILES string of the molecule is C=C(/C=C(\C=N/N)N1CCNCC1)NCCCO. The summed E-state index contributed by atoms with van der Waals surface area (Å²) in [5.74, 6) is 5.24. The molecule has 1 aliphatic rings. The molecule has 0 amide bonds. The molecule has 102 valence electrons. The van der Waals surface area contributed by atoms with Gasteiger partial charge in [0.15, 0.2) is 0 Å². The number of hydrogen-bond donors (Lipinski definition) is 4. The lowest BCUT2D eigenvalue weighted by Gasteiger charge is -2.30. The van der Waals surface area contributed by atoms with Crippen molar-refractivity contribution in [1.82, 2.24) is 15.5 Å². The van der Waals surface area contributed by atoms with Crippen LogP contribution in [0.1, 0.15) is 6.42 Å². The Hall–Kier alpha value is -1.53. The zero-order valence-corrected chi connectivity index (χ0v) is 10.7. The van der Waals surface area contributed by atoms with Crippen molar-refractivity contribution >= 4 is 6.21 Å². The van der Waals surface area contributed by atoms with E-state index in [1.54, 1.807) is 6.21 Å². The van der Waals surface area contributed by atoms with Gasteiger partial charge in [-0.2, -0.15) is 5.10 Å². The minimum atomic E-state index is 0.179. The molecule has 0 spiro atoms. The van der Waals surface area contributed by atoms with Crippen LogP contribution in [0.5, 0.6) is 0 Å². The highest BCUT2D eigenvalue weighted by Gasteiger charge is 2.11. The van der Waals surface area contributed by atoms with E-state index in [4.69, 9.17) is 10.9 Å². The third kappa shape index (κ3) is 5.20. The van der Waals surface area contributed by atoms with E-state index in [1.165, 1.54) is 0 Å². The summed E-state index contributed by atoms with van der Waals surface area (Å²) in [4.78, 5) is 2.21. The van der Waals surface area contributed by atoms with Gasteiger partial charge >= 0.3 is 0 Å². The third-order valence-corrected chi connectivity index (χ3v) is 2.70. The Balaban J connectivity index is 2.56. The van der Waals surface area contributed by atoms with Crippen LogP contribution in [0.3, 0.4) is 0 Å². The standard InChI is InChI=1S/C12H23N5O/c1-11(15-3-2-8-18)9-12(10-16-13)17-6-4-14-5-7-17/h9-10,14-15,18H,1-8,13H2/b12-9+,16-10-. The molecule has 18 heavy (non-hydrogen) atoms. The summed E-state index contributed by atoms with van der Waals surface area (Å²) in [6.07, 6.45) is 4.28. The van der Waals surface area contributed by atoms with Gasteiger partial charge in [-0.1, -0.05) is 6.58 Å². The minimum absolute atomic E-state index is 0.179. The van der Waals surface area contributed by atoms with Crippen LogP contribution in [-0.2, 0) is 0 Å². The Morgan fingerprint density at radius 2 is 2.22 bits per heavy atom. The first-order chi connectivity index (χ1) is 8.77. The molecule has 0 atom stereocenters. The van der Waals surface area contributed by atoms with E-state index < -0.39 is 0 Å². The summed E-state index contributed by atoms with van der Waals surface area (Å²) in [5.41, 5.74) is 1.76. The number of nitrogens with one attached hydrogen (secondary N) is 2. The first-order valence-corrected chi connectivity index (χ1v) is 6.22. The van der Waals surface area contributed by atoms with Crippen molar-refractivity contribution in [2.75, 3.05) is 39.3 Å². The normalized spacial score (nSPS) is 17.2. The fourth-order valence-corrected chi connectivity index (χ4v) is 1.77. The fraction of sp³-hybridized carbons (Fsp3) is 0.583. The van der Waals surface area contributed by atoms with E-state index in [9.17, 15) is 0 Å². The average molecular weight is 253 g/mol. The molecule has 0 bridgehead atoms. The Labute approximate surface area is 108 Å². The van der Waals surface area contributed by atoms with Crippen molar-refractivity contribution in [3.05, 3.63) is 24.0 Å². The summed E-state index contributed by atoms with van der Waals surface area (Å²) < 4.78 is 0. The molecule has 6 heteroatoms. The highest BCUT2D eigenvalue weighted by atomic mass is 16.3. The van der Waals surface area contributed by atoms with E-state index in [0.717, 1.165) is 37.6 Å². The Kier molecular flexibility index (Phi) is 6.90. The molecule has 0 aliphatic carbocycles. The second-order valence-electron chi connectivity index (χ2n) is 4.11. The predicted octanol–water partition coefficient (Wildman–Crippen LogP) is -0.794. The topological polar surface area (TPSA) is 85.9 Å². The van der Waals surface area contributed by atoms with E-state index in [1.807, 2.05) is 6.08 Å². The van der Waals surface area contributed by atoms with E-state index >= 15 is 0 Å². The lowest BCUT2D eigenvalue weighted by atomic mass is 10.2. The minimum Gasteiger partial charge on any atom is -0.396 e. The summed E-state index contributed by atoms with van der Waals surface area (Å²) in [5, 5.41) is 18.7. The molecule has 1 aliphatic heterocycles. The van der Waals surface area contributed by atoms with Crippen molar-refractivity contribution in [1.29, 1.82) is 0 Å². The van der Waals surface area contributed by atoms with Gasteiger partial charge in [-0.25, -0.2) is 0 Å². The Bertz CT molecular complexity index is 308. The average Bonchev–Trinajstić information content (AvgIpc) is 2.39. The van der Waals surface area contributed by atoms with Crippen LogP contribution in [-0.4, -0.2) is 55.6 Å². The van der Waals surface area contributed by atoms with Gasteiger partial charge in [0.05, 0.1) is 11.9 Å². The molecule has 0 radical (unpaired) electrons. The fourth-order valence-electron chi connectivity index (χ4n) is 1.77. The van der Waals surface area contributed by atoms with Crippen LogP contribution in [0.25, 0.3) is 0 Å². The first-order valence-electron chi connectivity index (χ1n) is 6.22. The Morgan fingerprint density at radius 1 is 1.50 bits per heavy atom. The number of aliphatic hydroxyl groups is 1. The van der Waals surface area contributed by atoms with Crippen LogP contribution in [0, 0.1) is 0 Å². The molecular weight excluding hydrogens is 230 g/mol. The number of aliphatic hydroxyl groups excluding tert-OH is 1. The van der Waals surface area contributed by atoms with Crippen LogP contribution >= 0.6 is 0 Å². The summed E-state index contributed by atoms with van der Waals surface area (Å²) >= 11 is 0. The van der Waals surface area contributed by atoms with Crippen molar-refractivity contribution < 1.29 is 5.11 Å². The molecule has 0 aromatic heterocycles. The van der Waals surface area contributed by atoms with Crippen LogP contribution in [0.4, 0.5) is 0 Å². The van der Waals surface area contributed by atoms with Crippen molar-refractivity contribution in [2.24, 2.45) is 10.9 Å². The van der Waals surface area contributed by atoms with Gasteiger partial charge in [-0.15, -0.1) is 0 Å². The lowest BCUT2D eigenvalue weighted by molar-refractivity contribution is 0.288. The first kappa shape index (κ1) is 14.5. The molecule has 1 heterocycles. The maximum Gasteiger partial charge on any atom is 0.0700 e. The Morgan fingerprint density at radius 3 is 2.83 bits per heavy atom. The van der Waals surface area contributed by atoms with E-state index in [-0.39, 0.29) is 6.61 Å². The number of allylic oxidation sites excluding steroid dienone is 2. The molecular formula is C12H23N5O. The van der Waals surface area contributed by atoms with Gasteiger partial charge in [0.1, 0.15) is 0 Å². The summed E-state index contributed by atoms with van der Waals surface area (Å²) in [6, 6.07) is 0. The van der Waals surface area contributed by atoms with E-state index in [2.05, 4.69) is 27.2 Å². The van der Waals surface area contributed by atoms with Crippen molar-refractivity contribution in [3.8, 4) is 0 Å². The quantitative estimate of drug-likeness (QED) is 0.157. The summed E-state index contributed by atoms with van der Waals surface area (Å²) in [6.45, 7) is 8.60.